The molecule has 1 aliphatic carbocycles. The van der Waals surface area contributed by atoms with Crippen molar-refractivity contribution >= 4 is 11.9 Å². The molecule has 0 aliphatic heterocycles. The fourth-order valence-corrected chi connectivity index (χ4v) is 2.53. The lowest BCUT2D eigenvalue weighted by Crippen LogP contribution is -2.57. The van der Waals surface area contributed by atoms with Gasteiger partial charge in [-0.15, -0.1) is 0 Å². The standard InChI is InChI=1S/C15H26N2O4/c1-5-11(6-2)21-13-8-10(15(19)20-4)7-12(16)14(13)17-9(3)18/h8,11-14H,5-7,16H2,1-4H3,(H,17,18)/t12-,13?,14+/m0/s1. The van der Waals surface area contributed by atoms with Gasteiger partial charge in [-0.25, -0.2) is 4.79 Å². The Bertz CT molecular complexity index is 404. The van der Waals surface area contributed by atoms with Gasteiger partial charge >= 0.3 is 5.97 Å². The molecule has 1 amide bonds. The van der Waals surface area contributed by atoms with E-state index in [1.54, 1.807) is 6.08 Å². The lowest BCUT2D eigenvalue weighted by Gasteiger charge is -2.36. The van der Waals surface area contributed by atoms with Gasteiger partial charge in [0.2, 0.25) is 5.91 Å². The molecule has 0 bridgehead atoms. The Hall–Kier alpha value is -1.40. The molecule has 0 aromatic heterocycles. The number of carbonyl (C=O) groups is 2. The summed E-state index contributed by atoms with van der Waals surface area (Å²) in [4.78, 5) is 23.1. The number of hydrogen-bond acceptors (Lipinski definition) is 5. The van der Waals surface area contributed by atoms with Crippen LogP contribution in [-0.2, 0) is 19.1 Å². The van der Waals surface area contributed by atoms with Gasteiger partial charge in [0.1, 0.15) is 0 Å². The van der Waals surface area contributed by atoms with Crippen LogP contribution in [0.4, 0.5) is 0 Å². The molecule has 0 aromatic carbocycles. The second kappa shape index (κ2) is 8.14. The maximum Gasteiger partial charge on any atom is 0.333 e. The van der Waals surface area contributed by atoms with Crippen molar-refractivity contribution in [1.82, 2.24) is 5.32 Å². The number of carbonyl (C=O) groups excluding carboxylic acids is 2. The van der Waals surface area contributed by atoms with Gasteiger partial charge in [0, 0.05) is 18.5 Å². The topological polar surface area (TPSA) is 90.7 Å². The van der Waals surface area contributed by atoms with Gasteiger partial charge in [-0.05, 0) is 25.3 Å². The minimum absolute atomic E-state index is 0.0618. The number of hydrogen-bond donors (Lipinski definition) is 2. The SMILES string of the molecule is CCC(CC)OC1C=C(C(=O)OC)C[C@H](N)[C@H]1NC(C)=O. The molecule has 0 spiro atoms. The number of rotatable bonds is 6. The maximum atomic E-state index is 11.7. The Morgan fingerprint density at radius 1 is 1.43 bits per heavy atom. The highest BCUT2D eigenvalue weighted by Gasteiger charge is 2.35. The first-order valence-corrected chi connectivity index (χ1v) is 7.40. The molecule has 1 rings (SSSR count). The second-order valence-electron chi connectivity index (χ2n) is 5.32. The highest BCUT2D eigenvalue weighted by atomic mass is 16.5. The summed E-state index contributed by atoms with van der Waals surface area (Å²) in [5, 5.41) is 2.83. The summed E-state index contributed by atoms with van der Waals surface area (Å²) in [6.45, 7) is 5.52. The zero-order valence-corrected chi connectivity index (χ0v) is 13.2. The van der Waals surface area contributed by atoms with Crippen molar-refractivity contribution in [2.45, 2.75) is 64.3 Å². The molecule has 1 unspecified atom stereocenters. The molecule has 6 nitrogen and oxygen atoms in total. The van der Waals surface area contributed by atoms with Crippen LogP contribution >= 0.6 is 0 Å². The van der Waals surface area contributed by atoms with Gasteiger partial charge in [-0.1, -0.05) is 13.8 Å². The van der Waals surface area contributed by atoms with Crippen molar-refractivity contribution in [3.8, 4) is 0 Å². The van der Waals surface area contributed by atoms with E-state index in [1.165, 1.54) is 14.0 Å². The number of methoxy groups -OCH3 is 1. The summed E-state index contributed by atoms with van der Waals surface area (Å²) >= 11 is 0. The molecular formula is C15H26N2O4. The third-order valence-electron chi connectivity index (χ3n) is 3.71. The third kappa shape index (κ3) is 4.82. The monoisotopic (exact) mass is 298 g/mol. The summed E-state index contributed by atoms with van der Waals surface area (Å²) in [5.41, 5.74) is 6.62. The predicted molar refractivity (Wildman–Crippen MR) is 79.5 cm³/mol. The van der Waals surface area contributed by atoms with E-state index in [0.29, 0.717) is 12.0 Å². The van der Waals surface area contributed by atoms with Crippen molar-refractivity contribution in [3.05, 3.63) is 11.6 Å². The minimum atomic E-state index is -0.420. The van der Waals surface area contributed by atoms with E-state index in [0.717, 1.165) is 12.8 Å². The molecule has 0 fully saturated rings. The normalized spacial score (nSPS) is 25.4. The molecule has 6 heteroatoms. The number of ether oxygens (including phenoxy) is 2. The van der Waals surface area contributed by atoms with Crippen LogP contribution in [0.2, 0.25) is 0 Å². The first-order valence-electron chi connectivity index (χ1n) is 7.40. The quantitative estimate of drug-likeness (QED) is 0.711. The van der Waals surface area contributed by atoms with Crippen molar-refractivity contribution in [1.29, 1.82) is 0 Å². The summed E-state index contributed by atoms with van der Waals surface area (Å²) in [6, 6.07) is -0.719. The zero-order valence-electron chi connectivity index (χ0n) is 13.2. The van der Waals surface area contributed by atoms with Gasteiger partial charge in [-0.3, -0.25) is 4.79 Å². The van der Waals surface area contributed by atoms with Crippen LogP contribution in [0.1, 0.15) is 40.0 Å². The van der Waals surface area contributed by atoms with Gasteiger partial charge in [0.15, 0.2) is 0 Å². The number of amides is 1. The van der Waals surface area contributed by atoms with Crippen molar-refractivity contribution in [2.24, 2.45) is 5.73 Å². The molecule has 3 N–H and O–H groups in total. The summed E-state index contributed by atoms with van der Waals surface area (Å²) in [5.74, 6) is -0.562. The van der Waals surface area contributed by atoms with Crippen LogP contribution in [0.15, 0.2) is 11.6 Å². The zero-order chi connectivity index (χ0) is 16.0. The average Bonchev–Trinajstić information content (AvgIpc) is 2.46. The van der Waals surface area contributed by atoms with E-state index in [9.17, 15) is 9.59 Å². The average molecular weight is 298 g/mol. The maximum absolute atomic E-state index is 11.7. The molecule has 0 heterocycles. The predicted octanol–water partition coefficient (Wildman–Crippen LogP) is 0.895. The molecule has 0 saturated heterocycles. The highest BCUT2D eigenvalue weighted by molar-refractivity contribution is 5.89. The fourth-order valence-electron chi connectivity index (χ4n) is 2.53. The van der Waals surface area contributed by atoms with Gasteiger partial charge < -0.3 is 20.5 Å². The number of nitrogens with two attached hydrogens (primary N) is 1. The minimum Gasteiger partial charge on any atom is -0.466 e. The first kappa shape index (κ1) is 17.7. The van der Waals surface area contributed by atoms with Crippen LogP contribution in [0.25, 0.3) is 0 Å². The number of nitrogens with one attached hydrogen (secondary N) is 1. The van der Waals surface area contributed by atoms with Crippen LogP contribution in [0.3, 0.4) is 0 Å². The van der Waals surface area contributed by atoms with E-state index in [1.807, 2.05) is 13.8 Å². The molecule has 0 radical (unpaired) electrons. The van der Waals surface area contributed by atoms with Gasteiger partial charge in [0.25, 0.3) is 0 Å². The fraction of sp³-hybridized carbons (Fsp3) is 0.733. The molecule has 0 aromatic rings. The van der Waals surface area contributed by atoms with Crippen LogP contribution in [-0.4, -0.2) is 43.3 Å². The van der Waals surface area contributed by atoms with Crippen molar-refractivity contribution in [3.63, 3.8) is 0 Å². The van der Waals surface area contributed by atoms with E-state index in [4.69, 9.17) is 15.2 Å². The molecular weight excluding hydrogens is 272 g/mol. The Morgan fingerprint density at radius 3 is 2.52 bits per heavy atom. The molecule has 21 heavy (non-hydrogen) atoms. The van der Waals surface area contributed by atoms with Gasteiger partial charge in [-0.2, -0.15) is 0 Å². The smallest absolute Gasteiger partial charge is 0.333 e. The van der Waals surface area contributed by atoms with Crippen LogP contribution < -0.4 is 11.1 Å². The van der Waals surface area contributed by atoms with E-state index >= 15 is 0 Å². The second-order valence-corrected chi connectivity index (χ2v) is 5.32. The van der Waals surface area contributed by atoms with E-state index < -0.39 is 12.1 Å². The third-order valence-corrected chi connectivity index (χ3v) is 3.71. The molecule has 1 aliphatic rings. The van der Waals surface area contributed by atoms with E-state index in [-0.39, 0.29) is 24.1 Å². The lowest BCUT2D eigenvalue weighted by molar-refractivity contribution is -0.136. The van der Waals surface area contributed by atoms with Crippen molar-refractivity contribution < 1.29 is 19.1 Å². The Kier molecular flexibility index (Phi) is 6.84. The Balaban J connectivity index is 2.99. The highest BCUT2D eigenvalue weighted by Crippen LogP contribution is 2.23. The van der Waals surface area contributed by atoms with Crippen LogP contribution in [0.5, 0.6) is 0 Å². The molecule has 0 saturated carbocycles. The van der Waals surface area contributed by atoms with Gasteiger partial charge in [0.05, 0.1) is 25.4 Å². The summed E-state index contributed by atoms with van der Waals surface area (Å²) in [7, 11) is 1.34. The summed E-state index contributed by atoms with van der Waals surface area (Å²) < 4.78 is 10.8. The lowest BCUT2D eigenvalue weighted by atomic mass is 9.88. The molecule has 120 valence electrons. The molecule has 3 atom stereocenters. The van der Waals surface area contributed by atoms with Crippen molar-refractivity contribution in [2.75, 3.05) is 7.11 Å². The summed E-state index contributed by atoms with van der Waals surface area (Å²) in [6.07, 6.45) is 3.45. The Labute approximate surface area is 126 Å². The number of esters is 1. The van der Waals surface area contributed by atoms with Crippen LogP contribution in [0, 0.1) is 0 Å². The van der Waals surface area contributed by atoms with E-state index in [2.05, 4.69) is 5.32 Å². The first-order chi connectivity index (χ1) is 9.92. The Morgan fingerprint density at radius 2 is 2.05 bits per heavy atom. The largest absolute Gasteiger partial charge is 0.466 e.